The largest absolute Gasteiger partial charge is 0.478 e. The van der Waals surface area contributed by atoms with Crippen molar-refractivity contribution < 1.29 is 18.3 Å². The number of carbonyl (C=O) groups is 1. The minimum Gasteiger partial charge on any atom is -0.478 e. The van der Waals surface area contributed by atoms with E-state index in [9.17, 15) is 13.2 Å². The van der Waals surface area contributed by atoms with Gasteiger partial charge in [0.2, 0.25) is 0 Å². The number of hydrogen-bond donors (Lipinski definition) is 1. The molecular weight excluding hydrogens is 272 g/mol. The Bertz CT molecular complexity index is 672. The van der Waals surface area contributed by atoms with Crippen molar-refractivity contribution in [1.82, 2.24) is 0 Å². The van der Waals surface area contributed by atoms with Crippen LogP contribution in [-0.4, -0.2) is 19.5 Å². The van der Waals surface area contributed by atoms with Crippen LogP contribution in [0.1, 0.15) is 10.4 Å². The molecule has 0 unspecified atom stereocenters. The van der Waals surface area contributed by atoms with Crippen LogP contribution in [0.2, 0.25) is 0 Å². The standard InChI is InChI=1S/C9H5ClO4S2/c10-16(13,14)8-4-15-7-2-1-5(9(11)12)3-6(7)8/h1-4H,(H,11,12). The topological polar surface area (TPSA) is 71.4 Å². The molecule has 1 N–H and O–H groups in total. The second kappa shape index (κ2) is 3.73. The minimum absolute atomic E-state index is 0.0347. The van der Waals surface area contributed by atoms with Crippen molar-refractivity contribution in [3.63, 3.8) is 0 Å². The molecule has 0 saturated heterocycles. The van der Waals surface area contributed by atoms with Crippen molar-refractivity contribution in [3.8, 4) is 0 Å². The van der Waals surface area contributed by atoms with E-state index in [-0.39, 0.29) is 10.5 Å². The van der Waals surface area contributed by atoms with Gasteiger partial charge in [-0.25, -0.2) is 13.2 Å². The lowest BCUT2D eigenvalue weighted by molar-refractivity contribution is 0.0697. The normalized spacial score (nSPS) is 11.8. The number of carboxylic acids is 1. The van der Waals surface area contributed by atoms with Crippen LogP contribution in [0.15, 0.2) is 28.5 Å². The summed E-state index contributed by atoms with van der Waals surface area (Å²) in [6, 6.07) is 4.30. The highest BCUT2D eigenvalue weighted by Gasteiger charge is 2.17. The molecule has 1 heterocycles. The van der Waals surface area contributed by atoms with E-state index in [2.05, 4.69) is 0 Å². The van der Waals surface area contributed by atoms with Gasteiger partial charge in [-0.1, -0.05) is 0 Å². The SMILES string of the molecule is O=C(O)c1ccc2scc(S(=O)(=O)Cl)c2c1. The van der Waals surface area contributed by atoms with Crippen molar-refractivity contribution in [3.05, 3.63) is 29.1 Å². The number of hydrogen-bond acceptors (Lipinski definition) is 4. The molecule has 0 radical (unpaired) electrons. The zero-order chi connectivity index (χ0) is 11.9. The molecule has 16 heavy (non-hydrogen) atoms. The molecule has 0 fully saturated rings. The van der Waals surface area contributed by atoms with Crippen molar-refractivity contribution in [2.24, 2.45) is 0 Å². The number of thiophene rings is 1. The maximum absolute atomic E-state index is 11.2. The van der Waals surface area contributed by atoms with E-state index in [1.54, 1.807) is 6.07 Å². The molecule has 0 spiro atoms. The number of aromatic carboxylic acids is 1. The molecule has 2 rings (SSSR count). The first kappa shape index (κ1) is 11.4. The van der Waals surface area contributed by atoms with Crippen LogP contribution in [0.4, 0.5) is 0 Å². The van der Waals surface area contributed by atoms with Crippen LogP contribution in [0.25, 0.3) is 10.1 Å². The molecule has 0 bridgehead atoms. The van der Waals surface area contributed by atoms with Crippen molar-refractivity contribution in [2.75, 3.05) is 0 Å². The summed E-state index contributed by atoms with van der Waals surface area (Å²) in [5.74, 6) is -1.11. The van der Waals surface area contributed by atoms with Crippen LogP contribution in [0, 0.1) is 0 Å². The van der Waals surface area contributed by atoms with E-state index < -0.39 is 15.0 Å². The Kier molecular flexibility index (Phi) is 2.65. The van der Waals surface area contributed by atoms with Gasteiger partial charge in [0.1, 0.15) is 4.90 Å². The Balaban J connectivity index is 2.80. The lowest BCUT2D eigenvalue weighted by Crippen LogP contribution is -1.95. The van der Waals surface area contributed by atoms with Gasteiger partial charge in [0.25, 0.3) is 9.05 Å². The third-order valence-corrected chi connectivity index (χ3v) is 4.52. The highest BCUT2D eigenvalue weighted by molar-refractivity contribution is 8.14. The van der Waals surface area contributed by atoms with E-state index in [1.807, 2.05) is 0 Å². The zero-order valence-electron chi connectivity index (χ0n) is 7.68. The first-order valence-corrected chi connectivity index (χ1v) is 7.28. The summed E-state index contributed by atoms with van der Waals surface area (Å²) in [6.07, 6.45) is 0. The number of rotatable bonds is 2. The summed E-state index contributed by atoms with van der Waals surface area (Å²) < 4.78 is 23.1. The maximum Gasteiger partial charge on any atom is 0.335 e. The Hall–Kier alpha value is -1.11. The highest BCUT2D eigenvalue weighted by Crippen LogP contribution is 2.32. The van der Waals surface area contributed by atoms with E-state index in [4.69, 9.17) is 15.8 Å². The molecule has 0 atom stereocenters. The Labute approximate surface area is 99.5 Å². The van der Waals surface area contributed by atoms with E-state index >= 15 is 0 Å². The van der Waals surface area contributed by atoms with Crippen LogP contribution in [0.5, 0.6) is 0 Å². The monoisotopic (exact) mass is 276 g/mol. The minimum atomic E-state index is -3.84. The van der Waals surface area contributed by atoms with Crippen molar-refractivity contribution in [2.45, 2.75) is 4.90 Å². The molecule has 0 aliphatic heterocycles. The molecule has 1 aromatic carbocycles. The third-order valence-electron chi connectivity index (χ3n) is 2.05. The van der Waals surface area contributed by atoms with E-state index in [0.717, 1.165) is 0 Å². The number of carboxylic acid groups (broad SMARTS) is 1. The van der Waals surface area contributed by atoms with Crippen LogP contribution < -0.4 is 0 Å². The number of fused-ring (bicyclic) bond motifs is 1. The molecule has 0 amide bonds. The average Bonchev–Trinajstić information content (AvgIpc) is 2.58. The van der Waals surface area contributed by atoms with Crippen molar-refractivity contribution in [1.29, 1.82) is 0 Å². The van der Waals surface area contributed by atoms with E-state index in [0.29, 0.717) is 10.1 Å². The predicted molar refractivity (Wildman–Crippen MR) is 61.8 cm³/mol. The quantitative estimate of drug-likeness (QED) is 0.856. The van der Waals surface area contributed by atoms with Crippen molar-refractivity contribution >= 4 is 47.1 Å². The molecular formula is C9H5ClO4S2. The lowest BCUT2D eigenvalue weighted by atomic mass is 10.2. The average molecular weight is 277 g/mol. The van der Waals surface area contributed by atoms with Gasteiger partial charge >= 0.3 is 5.97 Å². The molecule has 84 valence electrons. The van der Waals surface area contributed by atoms with Gasteiger partial charge in [-0.15, -0.1) is 11.3 Å². The van der Waals surface area contributed by atoms with Crippen LogP contribution >= 0.6 is 22.0 Å². The summed E-state index contributed by atoms with van der Waals surface area (Å²) >= 11 is 1.20. The van der Waals surface area contributed by atoms with Gasteiger partial charge in [0.05, 0.1) is 5.56 Å². The predicted octanol–water partition coefficient (Wildman–Crippen LogP) is 2.53. The number of halogens is 1. The van der Waals surface area contributed by atoms with Gasteiger partial charge in [0.15, 0.2) is 0 Å². The van der Waals surface area contributed by atoms with E-state index in [1.165, 1.54) is 28.8 Å². The van der Waals surface area contributed by atoms with Gasteiger partial charge in [-0.2, -0.15) is 0 Å². The molecule has 0 aliphatic rings. The smallest absolute Gasteiger partial charge is 0.335 e. The molecule has 0 aliphatic carbocycles. The first-order valence-electron chi connectivity index (χ1n) is 4.09. The summed E-state index contributed by atoms with van der Waals surface area (Å²) in [7, 11) is 1.40. The highest BCUT2D eigenvalue weighted by atomic mass is 35.7. The summed E-state index contributed by atoms with van der Waals surface area (Å²) in [5.41, 5.74) is 0.0347. The molecule has 1 aromatic heterocycles. The Morgan fingerprint density at radius 2 is 2.06 bits per heavy atom. The van der Waals surface area contributed by atoms with Gasteiger partial charge < -0.3 is 5.11 Å². The lowest BCUT2D eigenvalue weighted by Gasteiger charge is -1.96. The fraction of sp³-hybridized carbons (Fsp3) is 0. The van der Waals surface area contributed by atoms with Crippen LogP contribution in [0.3, 0.4) is 0 Å². The maximum atomic E-state index is 11.2. The summed E-state index contributed by atoms with van der Waals surface area (Å²) in [6.45, 7) is 0. The zero-order valence-corrected chi connectivity index (χ0v) is 10.1. The van der Waals surface area contributed by atoms with Gasteiger partial charge in [-0.05, 0) is 18.2 Å². The second-order valence-electron chi connectivity index (χ2n) is 3.05. The molecule has 7 heteroatoms. The van der Waals surface area contributed by atoms with Crippen LogP contribution in [-0.2, 0) is 9.05 Å². The fourth-order valence-corrected chi connectivity index (χ4v) is 3.81. The Morgan fingerprint density at radius 1 is 1.38 bits per heavy atom. The summed E-state index contributed by atoms with van der Waals surface area (Å²) in [5, 5.41) is 10.5. The molecule has 4 nitrogen and oxygen atoms in total. The molecule has 2 aromatic rings. The Morgan fingerprint density at radius 3 is 2.62 bits per heavy atom. The summed E-state index contributed by atoms with van der Waals surface area (Å²) in [4.78, 5) is 10.7. The second-order valence-corrected chi connectivity index (χ2v) is 6.50. The third kappa shape index (κ3) is 1.91. The molecule has 0 saturated carbocycles. The van der Waals surface area contributed by atoms with Gasteiger partial charge in [0, 0.05) is 26.1 Å². The first-order chi connectivity index (χ1) is 7.39. The van der Waals surface area contributed by atoms with Gasteiger partial charge in [-0.3, -0.25) is 0 Å². The number of benzene rings is 1. The fourth-order valence-electron chi connectivity index (χ4n) is 1.33.